The number of ether oxygens (including phenoxy) is 1. The Kier molecular flexibility index (Phi) is 5.14. The highest BCUT2D eigenvalue weighted by atomic mass is 16.5. The van der Waals surface area contributed by atoms with Gasteiger partial charge in [-0.2, -0.15) is 0 Å². The normalized spacial score (nSPS) is 32.0. The van der Waals surface area contributed by atoms with Crippen LogP contribution >= 0.6 is 0 Å². The van der Waals surface area contributed by atoms with Crippen molar-refractivity contribution in [3.63, 3.8) is 0 Å². The molecule has 0 aliphatic heterocycles. The van der Waals surface area contributed by atoms with Gasteiger partial charge in [0.05, 0.1) is 5.41 Å². The molecular weight excluding hydrogens is 248 g/mol. The van der Waals surface area contributed by atoms with Crippen LogP contribution < -0.4 is 0 Å². The van der Waals surface area contributed by atoms with Crippen molar-refractivity contribution in [3.05, 3.63) is 0 Å². The zero-order valence-electron chi connectivity index (χ0n) is 13.8. The molecular formula is C18H32O2. The van der Waals surface area contributed by atoms with E-state index in [2.05, 4.69) is 27.7 Å². The molecule has 0 saturated heterocycles. The fourth-order valence-electron chi connectivity index (χ4n) is 4.07. The second-order valence-electron chi connectivity index (χ2n) is 7.62. The molecule has 2 atom stereocenters. The zero-order chi connectivity index (χ0) is 14.8. The fraction of sp³-hybridized carbons (Fsp3) is 0.944. The van der Waals surface area contributed by atoms with Gasteiger partial charge in [-0.1, -0.05) is 47.0 Å². The molecule has 2 heteroatoms. The van der Waals surface area contributed by atoms with Crippen LogP contribution in [0.1, 0.15) is 79.1 Å². The SMILES string of the molecule is CC(C)C1CC1(C(=O)OC1CCCCCCC1)C(C)C. The standard InChI is InChI=1S/C18H32O2/c1-13(2)16-12-18(16,14(3)4)17(19)20-15-10-8-6-5-7-9-11-15/h13-16H,5-12H2,1-4H3. The van der Waals surface area contributed by atoms with Gasteiger partial charge in [0.1, 0.15) is 6.10 Å². The van der Waals surface area contributed by atoms with Crippen molar-refractivity contribution in [2.45, 2.75) is 85.2 Å². The first-order valence-electron chi connectivity index (χ1n) is 8.69. The summed E-state index contributed by atoms with van der Waals surface area (Å²) < 4.78 is 5.96. The Morgan fingerprint density at radius 1 is 1.00 bits per heavy atom. The van der Waals surface area contributed by atoms with Crippen molar-refractivity contribution in [3.8, 4) is 0 Å². The molecule has 2 aliphatic carbocycles. The fourth-order valence-corrected chi connectivity index (χ4v) is 4.07. The molecule has 0 radical (unpaired) electrons. The van der Waals surface area contributed by atoms with Gasteiger partial charge in [0.25, 0.3) is 0 Å². The Morgan fingerprint density at radius 3 is 2.00 bits per heavy atom. The molecule has 0 aromatic rings. The average molecular weight is 280 g/mol. The Balaban J connectivity index is 1.95. The van der Waals surface area contributed by atoms with Crippen molar-refractivity contribution in [1.82, 2.24) is 0 Å². The largest absolute Gasteiger partial charge is 0.462 e. The summed E-state index contributed by atoms with van der Waals surface area (Å²) in [4.78, 5) is 12.7. The lowest BCUT2D eigenvalue weighted by Gasteiger charge is -2.26. The average Bonchev–Trinajstić information content (AvgIpc) is 3.09. The number of rotatable bonds is 4. The first-order chi connectivity index (χ1) is 9.48. The number of carbonyl (C=O) groups excluding carboxylic acids is 1. The van der Waals surface area contributed by atoms with Crippen LogP contribution in [0.4, 0.5) is 0 Å². The second-order valence-corrected chi connectivity index (χ2v) is 7.62. The van der Waals surface area contributed by atoms with Crippen molar-refractivity contribution >= 4 is 5.97 Å². The number of carbonyl (C=O) groups is 1. The van der Waals surface area contributed by atoms with Gasteiger partial charge in [0, 0.05) is 0 Å². The predicted octanol–water partition coefficient (Wildman–Crippen LogP) is 4.96. The third-order valence-corrected chi connectivity index (χ3v) is 5.60. The molecule has 2 nitrogen and oxygen atoms in total. The molecule has 2 saturated carbocycles. The van der Waals surface area contributed by atoms with Crippen LogP contribution in [-0.2, 0) is 9.53 Å². The second kappa shape index (κ2) is 6.49. The van der Waals surface area contributed by atoms with Crippen LogP contribution in [0, 0.1) is 23.2 Å². The molecule has 20 heavy (non-hydrogen) atoms. The van der Waals surface area contributed by atoms with Crippen molar-refractivity contribution in [1.29, 1.82) is 0 Å². The molecule has 116 valence electrons. The summed E-state index contributed by atoms with van der Waals surface area (Å²) in [5.74, 6) is 1.62. The smallest absolute Gasteiger partial charge is 0.312 e. The molecule has 2 aliphatic rings. The van der Waals surface area contributed by atoms with Crippen LogP contribution in [0.25, 0.3) is 0 Å². The maximum Gasteiger partial charge on any atom is 0.312 e. The highest BCUT2D eigenvalue weighted by Crippen LogP contribution is 2.62. The van der Waals surface area contributed by atoms with E-state index >= 15 is 0 Å². The Bertz CT molecular complexity index is 326. The molecule has 0 spiro atoms. The van der Waals surface area contributed by atoms with Gasteiger partial charge >= 0.3 is 5.97 Å². The summed E-state index contributed by atoms with van der Waals surface area (Å²) in [5, 5.41) is 0. The number of hydrogen-bond acceptors (Lipinski definition) is 2. The summed E-state index contributed by atoms with van der Waals surface area (Å²) in [6.45, 7) is 8.83. The van der Waals surface area contributed by atoms with Gasteiger partial charge in [0.15, 0.2) is 0 Å². The zero-order valence-corrected chi connectivity index (χ0v) is 13.8. The van der Waals surface area contributed by atoms with Crippen molar-refractivity contribution in [2.75, 3.05) is 0 Å². The third-order valence-electron chi connectivity index (χ3n) is 5.60. The first-order valence-corrected chi connectivity index (χ1v) is 8.69. The van der Waals surface area contributed by atoms with E-state index < -0.39 is 0 Å². The van der Waals surface area contributed by atoms with E-state index in [1.807, 2.05) is 0 Å². The van der Waals surface area contributed by atoms with E-state index in [-0.39, 0.29) is 17.5 Å². The van der Waals surface area contributed by atoms with Crippen LogP contribution in [0.15, 0.2) is 0 Å². The summed E-state index contributed by atoms with van der Waals surface area (Å²) >= 11 is 0. The van der Waals surface area contributed by atoms with Crippen LogP contribution in [0.5, 0.6) is 0 Å². The summed E-state index contributed by atoms with van der Waals surface area (Å²) in [6.07, 6.45) is 9.78. The highest BCUT2D eigenvalue weighted by Gasteiger charge is 2.63. The molecule has 0 aromatic heterocycles. The summed E-state index contributed by atoms with van der Waals surface area (Å²) in [7, 11) is 0. The minimum absolute atomic E-state index is 0.108. The lowest BCUT2D eigenvalue weighted by molar-refractivity contribution is -0.159. The molecule has 0 amide bonds. The quantitative estimate of drug-likeness (QED) is 0.680. The van der Waals surface area contributed by atoms with Gasteiger partial charge in [-0.25, -0.2) is 0 Å². The summed E-state index contributed by atoms with van der Waals surface area (Å²) in [6, 6.07) is 0. The van der Waals surface area contributed by atoms with Crippen molar-refractivity contribution < 1.29 is 9.53 Å². The Hall–Kier alpha value is -0.530. The monoisotopic (exact) mass is 280 g/mol. The lowest BCUT2D eigenvalue weighted by Crippen LogP contribution is -2.31. The maximum absolute atomic E-state index is 12.7. The van der Waals surface area contributed by atoms with E-state index in [1.54, 1.807) is 0 Å². The molecule has 2 fully saturated rings. The van der Waals surface area contributed by atoms with Gasteiger partial charge in [0.2, 0.25) is 0 Å². The third kappa shape index (κ3) is 3.20. The first kappa shape index (κ1) is 15.9. The van der Waals surface area contributed by atoms with E-state index in [0.29, 0.717) is 17.8 Å². The topological polar surface area (TPSA) is 26.3 Å². The minimum atomic E-state index is -0.170. The Morgan fingerprint density at radius 2 is 1.55 bits per heavy atom. The van der Waals surface area contributed by atoms with E-state index in [9.17, 15) is 4.79 Å². The number of hydrogen-bond donors (Lipinski definition) is 0. The van der Waals surface area contributed by atoms with E-state index in [1.165, 1.54) is 32.1 Å². The van der Waals surface area contributed by atoms with Gasteiger partial charge in [-0.05, 0) is 49.9 Å². The molecule has 2 unspecified atom stereocenters. The van der Waals surface area contributed by atoms with E-state index in [4.69, 9.17) is 4.74 Å². The molecule has 0 N–H and O–H groups in total. The van der Waals surface area contributed by atoms with Crippen LogP contribution in [-0.4, -0.2) is 12.1 Å². The molecule has 0 heterocycles. The summed E-state index contributed by atoms with van der Waals surface area (Å²) in [5.41, 5.74) is -0.170. The van der Waals surface area contributed by atoms with Gasteiger partial charge in [-0.15, -0.1) is 0 Å². The van der Waals surface area contributed by atoms with Crippen molar-refractivity contribution in [2.24, 2.45) is 23.2 Å². The number of esters is 1. The highest BCUT2D eigenvalue weighted by molar-refractivity contribution is 5.81. The molecule has 0 aromatic carbocycles. The Labute approximate surface area is 124 Å². The molecule has 0 bridgehead atoms. The van der Waals surface area contributed by atoms with Crippen LogP contribution in [0.2, 0.25) is 0 Å². The minimum Gasteiger partial charge on any atom is -0.462 e. The van der Waals surface area contributed by atoms with Gasteiger partial charge in [-0.3, -0.25) is 4.79 Å². The maximum atomic E-state index is 12.7. The van der Waals surface area contributed by atoms with Crippen LogP contribution in [0.3, 0.4) is 0 Å². The van der Waals surface area contributed by atoms with E-state index in [0.717, 1.165) is 19.3 Å². The lowest BCUT2D eigenvalue weighted by atomic mass is 9.86. The predicted molar refractivity (Wildman–Crippen MR) is 82.4 cm³/mol. The molecule has 2 rings (SSSR count). The van der Waals surface area contributed by atoms with Gasteiger partial charge < -0.3 is 4.74 Å².